The van der Waals surface area contributed by atoms with Crippen LogP contribution in [0.1, 0.15) is 59.9 Å². The Labute approximate surface area is 229 Å². The van der Waals surface area contributed by atoms with Crippen molar-refractivity contribution in [3.63, 3.8) is 0 Å². The van der Waals surface area contributed by atoms with E-state index in [2.05, 4.69) is 11.1 Å². The molecule has 0 radical (unpaired) electrons. The summed E-state index contributed by atoms with van der Waals surface area (Å²) in [6.07, 6.45) is 4.94. The topological polar surface area (TPSA) is 75.6 Å². The van der Waals surface area contributed by atoms with E-state index in [1.807, 2.05) is 50.4 Å². The van der Waals surface area contributed by atoms with Gasteiger partial charge < -0.3 is 14.5 Å². The molecule has 2 aliphatic rings. The highest BCUT2D eigenvalue weighted by Crippen LogP contribution is 2.37. The predicted octanol–water partition coefficient (Wildman–Crippen LogP) is 5.36. The zero-order chi connectivity index (χ0) is 25.2. The van der Waals surface area contributed by atoms with E-state index in [1.54, 1.807) is 9.80 Å². The molecule has 1 aliphatic heterocycles. The van der Waals surface area contributed by atoms with Crippen molar-refractivity contribution in [1.82, 2.24) is 19.8 Å². The molecule has 2 aromatic heterocycles. The van der Waals surface area contributed by atoms with Crippen LogP contribution in [0, 0.1) is 0 Å². The summed E-state index contributed by atoms with van der Waals surface area (Å²) in [7, 11) is 0. The lowest BCUT2D eigenvalue weighted by Crippen LogP contribution is -2.55. The predicted molar refractivity (Wildman–Crippen MR) is 150 cm³/mol. The largest absolute Gasteiger partial charge is 0.449 e. The minimum absolute atomic E-state index is 0. The third-order valence-electron chi connectivity index (χ3n) is 7.22. The fraction of sp³-hybridized carbons (Fsp3) is 0.429. The van der Waals surface area contributed by atoms with Crippen molar-refractivity contribution in [1.29, 1.82) is 0 Å². The molecule has 2 atom stereocenters. The first-order valence-electron chi connectivity index (χ1n) is 12.7. The van der Waals surface area contributed by atoms with Crippen molar-refractivity contribution in [3.8, 4) is 0 Å². The van der Waals surface area contributed by atoms with Crippen LogP contribution in [0.4, 0.5) is 4.79 Å². The zero-order valence-corrected chi connectivity index (χ0v) is 23.0. The van der Waals surface area contributed by atoms with Gasteiger partial charge in [0.15, 0.2) is 0 Å². The second-order valence-corrected chi connectivity index (χ2v) is 10.1. The molecule has 1 saturated heterocycles. The summed E-state index contributed by atoms with van der Waals surface area (Å²) in [5.74, 6) is 0.249. The van der Waals surface area contributed by atoms with E-state index in [9.17, 15) is 9.59 Å². The molecule has 0 N–H and O–H groups in total. The van der Waals surface area contributed by atoms with Gasteiger partial charge in [-0.3, -0.25) is 14.8 Å². The van der Waals surface area contributed by atoms with E-state index in [4.69, 9.17) is 21.3 Å². The molecule has 9 heteroatoms. The van der Waals surface area contributed by atoms with E-state index >= 15 is 0 Å². The zero-order valence-electron chi connectivity index (χ0n) is 21.2. The highest BCUT2D eigenvalue weighted by atomic mass is 35.5. The number of benzene rings is 1. The molecular weight excluding hydrogens is 508 g/mol. The Kier molecular flexibility index (Phi) is 8.60. The highest BCUT2D eigenvalue weighted by Gasteiger charge is 2.31. The number of hydrogen-bond acceptors (Lipinski definition) is 5. The molecule has 0 bridgehead atoms. The maximum atomic E-state index is 13.4. The van der Waals surface area contributed by atoms with Gasteiger partial charge in [-0.15, -0.1) is 0 Å². The number of ether oxygens (including phenoxy) is 1. The molecule has 1 fully saturated rings. The Morgan fingerprint density at radius 2 is 2.03 bits per heavy atom. The third kappa shape index (κ3) is 5.55. The number of aromatic nitrogens is 2. The quantitative estimate of drug-likeness (QED) is 0.445. The standard InChI is InChI=1S/C28H31ClN4O3.H2S/c1-3-14-36-28(35)33-13-12-32(17-18(33)2)27(34)20-8-10-22-25(16-20)31-24-15-19(7-9-21(24)26(22)29)23-6-4-5-11-30-23;/h4-6,8,10-11,16,18-19H,3,7,9,12-15,17H2,1-2H3;1H2/t18-,19?;/m0./s1. The number of hydrogen-bond donors (Lipinski definition) is 0. The number of amides is 2. The summed E-state index contributed by atoms with van der Waals surface area (Å²) in [4.78, 5) is 38.7. The first-order valence-corrected chi connectivity index (χ1v) is 13.1. The van der Waals surface area contributed by atoms with Crippen LogP contribution in [0.5, 0.6) is 0 Å². The van der Waals surface area contributed by atoms with Crippen LogP contribution in [-0.4, -0.2) is 64.1 Å². The molecule has 1 aromatic carbocycles. The number of fused-ring (bicyclic) bond motifs is 2. The molecular formula is C28H33ClN4O3S. The van der Waals surface area contributed by atoms with E-state index < -0.39 is 0 Å². The van der Waals surface area contributed by atoms with Crippen molar-refractivity contribution in [2.45, 2.75) is 51.5 Å². The van der Waals surface area contributed by atoms with Gasteiger partial charge in [-0.25, -0.2) is 4.79 Å². The maximum Gasteiger partial charge on any atom is 0.410 e. The second-order valence-electron chi connectivity index (χ2n) is 9.69. The maximum absolute atomic E-state index is 13.4. The summed E-state index contributed by atoms with van der Waals surface area (Å²) >= 11 is 6.83. The van der Waals surface area contributed by atoms with Gasteiger partial charge in [0.05, 0.1) is 17.1 Å². The number of piperazine rings is 1. The summed E-state index contributed by atoms with van der Waals surface area (Å²) < 4.78 is 5.28. The minimum Gasteiger partial charge on any atom is -0.449 e. The molecule has 196 valence electrons. The van der Waals surface area contributed by atoms with Crippen LogP contribution in [0.25, 0.3) is 10.9 Å². The molecule has 2 amide bonds. The van der Waals surface area contributed by atoms with Gasteiger partial charge in [-0.1, -0.05) is 30.7 Å². The number of rotatable bonds is 4. The molecule has 1 aliphatic carbocycles. The Balaban J connectivity index is 0.00000320. The monoisotopic (exact) mass is 540 g/mol. The van der Waals surface area contributed by atoms with Gasteiger partial charge in [-0.2, -0.15) is 13.5 Å². The lowest BCUT2D eigenvalue weighted by atomic mass is 9.84. The molecule has 7 nitrogen and oxygen atoms in total. The number of nitrogens with zero attached hydrogens (tertiary/aromatic N) is 4. The van der Waals surface area contributed by atoms with Crippen LogP contribution in [-0.2, 0) is 17.6 Å². The lowest BCUT2D eigenvalue weighted by Gasteiger charge is -2.39. The average Bonchev–Trinajstić information content (AvgIpc) is 2.91. The average molecular weight is 541 g/mol. The summed E-state index contributed by atoms with van der Waals surface area (Å²) in [6, 6.07) is 11.5. The fourth-order valence-corrected chi connectivity index (χ4v) is 5.62. The fourth-order valence-electron chi connectivity index (χ4n) is 5.26. The van der Waals surface area contributed by atoms with Gasteiger partial charge >= 0.3 is 6.09 Å². The number of carbonyl (C=O) groups excluding carboxylic acids is 2. The van der Waals surface area contributed by atoms with E-state index in [-0.39, 0.29) is 31.5 Å². The third-order valence-corrected chi connectivity index (χ3v) is 7.65. The van der Waals surface area contributed by atoms with Crippen LogP contribution in [0.3, 0.4) is 0 Å². The Morgan fingerprint density at radius 3 is 2.76 bits per heavy atom. The Morgan fingerprint density at radius 1 is 1.19 bits per heavy atom. The smallest absolute Gasteiger partial charge is 0.410 e. The van der Waals surface area contributed by atoms with E-state index in [1.165, 1.54) is 0 Å². The van der Waals surface area contributed by atoms with Crippen LogP contribution >= 0.6 is 25.1 Å². The van der Waals surface area contributed by atoms with Gasteiger partial charge in [0.1, 0.15) is 0 Å². The van der Waals surface area contributed by atoms with Crippen LogP contribution in [0.2, 0.25) is 5.02 Å². The number of carbonyl (C=O) groups is 2. The minimum atomic E-state index is -0.310. The van der Waals surface area contributed by atoms with Crippen molar-refractivity contribution >= 4 is 48.0 Å². The molecule has 37 heavy (non-hydrogen) atoms. The van der Waals surface area contributed by atoms with E-state index in [0.29, 0.717) is 37.7 Å². The molecule has 0 saturated carbocycles. The van der Waals surface area contributed by atoms with Crippen molar-refractivity contribution < 1.29 is 14.3 Å². The van der Waals surface area contributed by atoms with Crippen LogP contribution in [0.15, 0.2) is 42.6 Å². The van der Waals surface area contributed by atoms with Crippen molar-refractivity contribution in [2.24, 2.45) is 0 Å². The van der Waals surface area contributed by atoms with Gasteiger partial charge in [0.25, 0.3) is 5.91 Å². The van der Waals surface area contributed by atoms with Gasteiger partial charge in [-0.05, 0) is 62.4 Å². The summed E-state index contributed by atoms with van der Waals surface area (Å²) in [5, 5.41) is 1.61. The molecule has 1 unspecified atom stereocenters. The van der Waals surface area contributed by atoms with Crippen molar-refractivity contribution in [2.75, 3.05) is 26.2 Å². The van der Waals surface area contributed by atoms with Gasteiger partial charge in [0, 0.05) is 60.1 Å². The molecule has 3 aromatic rings. The lowest BCUT2D eigenvalue weighted by molar-refractivity contribution is 0.0412. The number of halogens is 1. The normalized spacial score (nSPS) is 19.2. The Bertz CT molecular complexity index is 1290. The first kappa shape index (κ1) is 27.2. The Hall–Kier alpha value is -2.84. The highest BCUT2D eigenvalue weighted by molar-refractivity contribution is 7.59. The second kappa shape index (κ2) is 11.7. The van der Waals surface area contributed by atoms with Crippen LogP contribution < -0.4 is 0 Å². The molecule has 5 rings (SSSR count). The summed E-state index contributed by atoms with van der Waals surface area (Å²) in [6.45, 7) is 5.69. The van der Waals surface area contributed by atoms with Crippen molar-refractivity contribution in [3.05, 3.63) is 70.1 Å². The first-order chi connectivity index (χ1) is 17.5. The number of pyridine rings is 2. The molecule has 0 spiro atoms. The van der Waals surface area contributed by atoms with Gasteiger partial charge in [0.2, 0.25) is 0 Å². The summed E-state index contributed by atoms with van der Waals surface area (Å²) in [5.41, 5.74) is 4.50. The van der Waals surface area contributed by atoms with E-state index in [0.717, 1.165) is 58.6 Å². The SMILES string of the molecule is CCCOC(=O)N1CCN(C(=O)c2ccc3c(Cl)c4c(nc3c2)CC(c2ccccn2)CC4)C[C@@H]1C.S. The molecule has 3 heterocycles.